The lowest BCUT2D eigenvalue weighted by Crippen LogP contribution is -2.26. The average molecular weight is 284 g/mol. The van der Waals surface area contributed by atoms with Crippen molar-refractivity contribution in [2.24, 2.45) is 5.92 Å². The molecule has 0 bridgehead atoms. The van der Waals surface area contributed by atoms with Gasteiger partial charge in [-0.1, -0.05) is 0 Å². The second-order valence-electron chi connectivity index (χ2n) is 5.08. The van der Waals surface area contributed by atoms with E-state index in [1.807, 2.05) is 6.07 Å². The summed E-state index contributed by atoms with van der Waals surface area (Å²) in [6.07, 6.45) is -4.36. The fourth-order valence-electron chi connectivity index (χ4n) is 2.50. The molecule has 0 spiro atoms. The minimum atomic E-state index is -4.45. The SMILES string of the molecule is C[C@@H](O)[C@@H]1CCN(c2cc(C#N)ccc2C(F)(F)F)C1. The van der Waals surface area contributed by atoms with Gasteiger partial charge in [0.25, 0.3) is 0 Å². The summed E-state index contributed by atoms with van der Waals surface area (Å²) in [7, 11) is 0. The fourth-order valence-corrected chi connectivity index (χ4v) is 2.50. The van der Waals surface area contributed by atoms with Gasteiger partial charge in [0.2, 0.25) is 0 Å². The number of alkyl halides is 3. The van der Waals surface area contributed by atoms with Crippen LogP contribution in [0.15, 0.2) is 18.2 Å². The molecule has 3 nitrogen and oxygen atoms in total. The van der Waals surface area contributed by atoms with Crippen LogP contribution in [0.25, 0.3) is 0 Å². The van der Waals surface area contributed by atoms with Crippen LogP contribution in [0.5, 0.6) is 0 Å². The van der Waals surface area contributed by atoms with Crippen LogP contribution in [-0.4, -0.2) is 24.3 Å². The predicted octanol–water partition coefficient (Wildman–Crippen LogP) is 2.78. The van der Waals surface area contributed by atoms with Gasteiger partial charge in [-0.25, -0.2) is 0 Å². The molecule has 108 valence electrons. The lowest BCUT2D eigenvalue weighted by molar-refractivity contribution is -0.137. The van der Waals surface area contributed by atoms with Gasteiger partial charge in [0.15, 0.2) is 0 Å². The van der Waals surface area contributed by atoms with Gasteiger partial charge in [0, 0.05) is 19.0 Å². The number of hydrogen-bond donors (Lipinski definition) is 1. The molecule has 0 amide bonds. The molecule has 1 fully saturated rings. The summed E-state index contributed by atoms with van der Waals surface area (Å²) in [5, 5.41) is 18.4. The van der Waals surface area contributed by atoms with E-state index in [0.29, 0.717) is 19.5 Å². The summed E-state index contributed by atoms with van der Waals surface area (Å²) in [5.41, 5.74) is -0.504. The summed E-state index contributed by atoms with van der Waals surface area (Å²) in [5.74, 6) is -0.0400. The van der Waals surface area contributed by atoms with Gasteiger partial charge in [-0.05, 0) is 31.5 Å². The second kappa shape index (κ2) is 5.33. The Morgan fingerprint density at radius 1 is 1.45 bits per heavy atom. The molecule has 0 unspecified atom stereocenters. The highest BCUT2D eigenvalue weighted by atomic mass is 19.4. The number of rotatable bonds is 2. The van der Waals surface area contributed by atoms with Crippen LogP contribution in [0.3, 0.4) is 0 Å². The maximum Gasteiger partial charge on any atom is 0.418 e. The normalized spacial score (nSPS) is 20.8. The molecular weight excluding hydrogens is 269 g/mol. The number of aliphatic hydroxyl groups excluding tert-OH is 1. The van der Waals surface area contributed by atoms with Crippen LogP contribution in [-0.2, 0) is 6.18 Å². The maximum atomic E-state index is 13.0. The first-order valence-corrected chi connectivity index (χ1v) is 6.37. The Morgan fingerprint density at radius 3 is 2.65 bits per heavy atom. The van der Waals surface area contributed by atoms with Crippen molar-refractivity contribution in [2.45, 2.75) is 25.6 Å². The number of nitrogens with zero attached hydrogens (tertiary/aromatic N) is 2. The average Bonchev–Trinajstić information content (AvgIpc) is 2.86. The summed E-state index contributed by atoms with van der Waals surface area (Å²) in [6.45, 7) is 2.47. The Bertz CT molecular complexity index is 534. The van der Waals surface area contributed by atoms with Gasteiger partial charge in [0.05, 0.1) is 29.0 Å². The zero-order valence-electron chi connectivity index (χ0n) is 11.0. The minimum Gasteiger partial charge on any atom is -0.393 e. The monoisotopic (exact) mass is 284 g/mol. The van der Waals surface area contributed by atoms with Crippen molar-refractivity contribution in [1.29, 1.82) is 5.26 Å². The zero-order valence-corrected chi connectivity index (χ0v) is 11.0. The Balaban J connectivity index is 2.37. The topological polar surface area (TPSA) is 47.3 Å². The van der Waals surface area contributed by atoms with E-state index in [0.717, 1.165) is 6.07 Å². The van der Waals surface area contributed by atoms with Crippen LogP contribution in [0, 0.1) is 17.2 Å². The third kappa shape index (κ3) is 2.88. The summed E-state index contributed by atoms with van der Waals surface area (Å²) >= 11 is 0. The highest BCUT2D eigenvalue weighted by molar-refractivity contribution is 5.59. The molecule has 2 rings (SSSR count). The molecule has 20 heavy (non-hydrogen) atoms. The zero-order chi connectivity index (χ0) is 14.9. The van der Waals surface area contributed by atoms with Crippen LogP contribution in [0.2, 0.25) is 0 Å². The van der Waals surface area contributed by atoms with Gasteiger partial charge in [-0.15, -0.1) is 0 Å². The lowest BCUT2D eigenvalue weighted by Gasteiger charge is -2.24. The largest absolute Gasteiger partial charge is 0.418 e. The number of halogens is 3. The minimum absolute atomic E-state index is 0.0275. The molecule has 0 saturated carbocycles. The predicted molar refractivity (Wildman–Crippen MR) is 68.2 cm³/mol. The number of aliphatic hydroxyl groups is 1. The summed E-state index contributed by atoms with van der Waals surface area (Å²) in [6, 6.07) is 5.25. The third-order valence-electron chi connectivity index (χ3n) is 3.68. The highest BCUT2D eigenvalue weighted by Gasteiger charge is 2.37. The second-order valence-corrected chi connectivity index (χ2v) is 5.08. The summed E-state index contributed by atoms with van der Waals surface area (Å²) in [4.78, 5) is 1.60. The first-order valence-electron chi connectivity index (χ1n) is 6.37. The van der Waals surface area contributed by atoms with E-state index in [2.05, 4.69) is 0 Å². The number of nitriles is 1. The smallest absolute Gasteiger partial charge is 0.393 e. The van der Waals surface area contributed by atoms with E-state index >= 15 is 0 Å². The molecular formula is C14H15F3N2O. The van der Waals surface area contributed by atoms with Gasteiger partial charge in [0.1, 0.15) is 0 Å². The standard InChI is InChI=1S/C14H15F3N2O/c1-9(20)11-4-5-19(8-11)13-6-10(7-18)2-3-12(13)14(15,16)17/h2-3,6,9,11,20H,4-5,8H2,1H3/t9-,11-/m1/s1. The molecule has 1 heterocycles. The van der Waals surface area contributed by atoms with Crippen LogP contribution < -0.4 is 4.90 Å². The van der Waals surface area contributed by atoms with Crippen molar-refractivity contribution in [3.8, 4) is 6.07 Å². The van der Waals surface area contributed by atoms with E-state index in [1.165, 1.54) is 12.1 Å². The molecule has 6 heteroatoms. The molecule has 1 aromatic rings. The van der Waals surface area contributed by atoms with E-state index < -0.39 is 17.8 Å². The lowest BCUT2D eigenvalue weighted by atomic mass is 10.0. The molecule has 1 aliphatic heterocycles. The Kier molecular flexibility index (Phi) is 3.91. The van der Waals surface area contributed by atoms with E-state index in [9.17, 15) is 18.3 Å². The molecule has 0 aromatic heterocycles. The van der Waals surface area contributed by atoms with Crippen molar-refractivity contribution in [3.63, 3.8) is 0 Å². The number of anilines is 1. The van der Waals surface area contributed by atoms with Crippen molar-refractivity contribution >= 4 is 5.69 Å². The van der Waals surface area contributed by atoms with Gasteiger partial charge in [-0.3, -0.25) is 0 Å². The molecule has 1 aliphatic rings. The van der Waals surface area contributed by atoms with Crippen molar-refractivity contribution < 1.29 is 18.3 Å². The van der Waals surface area contributed by atoms with Gasteiger partial charge >= 0.3 is 6.18 Å². The number of benzene rings is 1. The maximum absolute atomic E-state index is 13.0. The molecule has 1 aromatic carbocycles. The molecule has 0 radical (unpaired) electrons. The van der Waals surface area contributed by atoms with Crippen molar-refractivity contribution in [2.75, 3.05) is 18.0 Å². The van der Waals surface area contributed by atoms with Gasteiger partial charge < -0.3 is 10.0 Å². The van der Waals surface area contributed by atoms with Crippen LogP contribution >= 0.6 is 0 Å². The highest BCUT2D eigenvalue weighted by Crippen LogP contribution is 2.39. The fraction of sp³-hybridized carbons (Fsp3) is 0.500. The molecule has 2 atom stereocenters. The van der Waals surface area contributed by atoms with Crippen molar-refractivity contribution in [3.05, 3.63) is 29.3 Å². The number of hydrogen-bond acceptors (Lipinski definition) is 3. The quantitative estimate of drug-likeness (QED) is 0.908. The van der Waals surface area contributed by atoms with Gasteiger partial charge in [-0.2, -0.15) is 18.4 Å². The molecule has 1 saturated heterocycles. The summed E-state index contributed by atoms with van der Waals surface area (Å²) < 4.78 is 39.1. The van der Waals surface area contributed by atoms with Crippen molar-refractivity contribution in [1.82, 2.24) is 0 Å². The van der Waals surface area contributed by atoms with Crippen LogP contribution in [0.4, 0.5) is 18.9 Å². The Hall–Kier alpha value is -1.74. The van der Waals surface area contributed by atoms with E-state index in [4.69, 9.17) is 5.26 Å². The van der Waals surface area contributed by atoms with E-state index in [-0.39, 0.29) is 17.2 Å². The Morgan fingerprint density at radius 2 is 2.15 bits per heavy atom. The van der Waals surface area contributed by atoms with Crippen LogP contribution in [0.1, 0.15) is 24.5 Å². The Labute approximate surface area is 115 Å². The van der Waals surface area contributed by atoms with E-state index in [1.54, 1.807) is 11.8 Å². The molecule has 1 N–H and O–H groups in total. The first-order chi connectivity index (χ1) is 9.32. The first kappa shape index (κ1) is 14.7. The third-order valence-corrected chi connectivity index (χ3v) is 3.68. The molecule has 0 aliphatic carbocycles.